The molecule has 0 atom stereocenters. The highest BCUT2D eigenvalue weighted by molar-refractivity contribution is 7.16. The summed E-state index contributed by atoms with van der Waals surface area (Å²) in [6.45, 7) is 5.55. The number of hydrogen-bond acceptors (Lipinski definition) is 5. The van der Waals surface area contributed by atoms with Crippen LogP contribution in [0.25, 0.3) is 10.2 Å². The summed E-state index contributed by atoms with van der Waals surface area (Å²) >= 11 is 1.46. The first kappa shape index (κ1) is 14.9. The lowest BCUT2D eigenvalue weighted by Crippen LogP contribution is -2.17. The van der Waals surface area contributed by atoms with E-state index in [9.17, 15) is 4.79 Å². The maximum atomic E-state index is 12.5. The van der Waals surface area contributed by atoms with E-state index in [1.807, 2.05) is 30.5 Å². The van der Waals surface area contributed by atoms with E-state index in [4.69, 9.17) is 9.47 Å². The van der Waals surface area contributed by atoms with Gasteiger partial charge in [0.1, 0.15) is 5.69 Å². The lowest BCUT2D eigenvalue weighted by atomic mass is 10.3. The molecule has 0 saturated carbocycles. The molecule has 0 unspecified atom stereocenters. The fraction of sp³-hybridized carbons (Fsp3) is 0.312. The maximum Gasteiger partial charge on any atom is 0.297 e. The molecular formula is C16H16N4O3S. The molecule has 1 aliphatic rings. The Morgan fingerprint density at radius 2 is 2.08 bits per heavy atom. The third-order valence-corrected chi connectivity index (χ3v) is 4.97. The van der Waals surface area contributed by atoms with Crippen molar-refractivity contribution in [3.05, 3.63) is 34.9 Å². The number of carbonyl (C=O) groups is 1. The summed E-state index contributed by atoms with van der Waals surface area (Å²) in [5.74, 6) is 1.17. The number of thiazole rings is 1. The summed E-state index contributed by atoms with van der Waals surface area (Å²) in [6, 6.07) is 5.57. The molecule has 0 N–H and O–H groups in total. The van der Waals surface area contributed by atoms with Crippen molar-refractivity contribution in [3.8, 4) is 11.5 Å². The zero-order valence-electron chi connectivity index (χ0n) is 13.4. The molecule has 1 aliphatic heterocycles. The van der Waals surface area contributed by atoms with E-state index in [0.29, 0.717) is 23.6 Å². The van der Waals surface area contributed by atoms with Crippen LogP contribution < -0.4 is 14.3 Å². The van der Waals surface area contributed by atoms with E-state index >= 15 is 0 Å². The third kappa shape index (κ3) is 2.30. The minimum atomic E-state index is -0.289. The van der Waals surface area contributed by atoms with Crippen LogP contribution in [0.5, 0.6) is 11.5 Å². The van der Waals surface area contributed by atoms with Gasteiger partial charge in [-0.15, -0.1) is 0 Å². The van der Waals surface area contributed by atoms with Gasteiger partial charge in [0.05, 0.1) is 10.2 Å². The van der Waals surface area contributed by atoms with E-state index in [-0.39, 0.29) is 12.7 Å². The predicted octanol–water partition coefficient (Wildman–Crippen LogP) is 2.41. The number of hydrogen-bond donors (Lipinski definition) is 0. The Labute approximate surface area is 141 Å². The zero-order valence-corrected chi connectivity index (χ0v) is 14.2. The highest BCUT2D eigenvalue weighted by Gasteiger charge is 2.18. The maximum absolute atomic E-state index is 12.5. The van der Waals surface area contributed by atoms with Crippen LogP contribution in [0.4, 0.5) is 0 Å². The highest BCUT2D eigenvalue weighted by atomic mass is 32.1. The molecule has 124 valence electrons. The standard InChI is InChI=1S/C16H16N4O3S/c1-3-19-11-7-12-13(23-9-22-12)8-14(11)24-16(19)18-15(21)10-5-6-17-20(10)4-2/h5-8H,3-4,9H2,1-2H3. The predicted molar refractivity (Wildman–Crippen MR) is 89.4 cm³/mol. The fourth-order valence-electron chi connectivity index (χ4n) is 2.76. The molecule has 0 saturated heterocycles. The van der Waals surface area contributed by atoms with Gasteiger partial charge in [-0.25, -0.2) is 0 Å². The average Bonchev–Trinajstić information content (AvgIpc) is 3.29. The van der Waals surface area contributed by atoms with Gasteiger partial charge in [0.2, 0.25) is 6.79 Å². The van der Waals surface area contributed by atoms with Crippen molar-refractivity contribution in [2.75, 3.05) is 6.79 Å². The first-order valence-corrected chi connectivity index (χ1v) is 8.56. The van der Waals surface area contributed by atoms with Crippen LogP contribution in [0.15, 0.2) is 29.4 Å². The molecule has 0 spiro atoms. The largest absolute Gasteiger partial charge is 0.454 e. The van der Waals surface area contributed by atoms with Crippen LogP contribution in [-0.2, 0) is 13.1 Å². The van der Waals surface area contributed by atoms with Gasteiger partial charge >= 0.3 is 0 Å². The van der Waals surface area contributed by atoms with Crippen molar-refractivity contribution in [1.29, 1.82) is 0 Å². The lowest BCUT2D eigenvalue weighted by Gasteiger charge is -2.02. The van der Waals surface area contributed by atoms with Crippen LogP contribution in [0.3, 0.4) is 0 Å². The molecule has 8 heteroatoms. The second-order valence-corrected chi connectivity index (χ2v) is 6.26. The number of nitrogens with zero attached hydrogens (tertiary/aromatic N) is 4. The number of aryl methyl sites for hydroxylation is 2. The molecule has 0 aliphatic carbocycles. The smallest absolute Gasteiger partial charge is 0.297 e. The fourth-order valence-corrected chi connectivity index (χ4v) is 3.86. The van der Waals surface area contributed by atoms with Crippen molar-refractivity contribution in [2.45, 2.75) is 26.9 Å². The Hall–Kier alpha value is -2.61. The molecule has 4 rings (SSSR count). The first-order valence-electron chi connectivity index (χ1n) is 7.75. The van der Waals surface area contributed by atoms with E-state index in [1.54, 1.807) is 16.9 Å². The van der Waals surface area contributed by atoms with Crippen LogP contribution in [0.2, 0.25) is 0 Å². The van der Waals surface area contributed by atoms with Crippen LogP contribution in [0, 0.1) is 0 Å². The van der Waals surface area contributed by atoms with Gasteiger partial charge in [-0.05, 0) is 19.9 Å². The molecule has 24 heavy (non-hydrogen) atoms. The Bertz CT molecular complexity index is 999. The van der Waals surface area contributed by atoms with Crippen LogP contribution >= 0.6 is 11.3 Å². The summed E-state index contributed by atoms with van der Waals surface area (Å²) in [7, 11) is 0. The topological polar surface area (TPSA) is 70.6 Å². The SMILES string of the molecule is CCn1nccc1C(=O)N=c1sc2cc3c(cc2n1CC)OCO3. The van der Waals surface area contributed by atoms with Crippen molar-refractivity contribution < 1.29 is 14.3 Å². The summed E-state index contributed by atoms with van der Waals surface area (Å²) < 4.78 is 15.5. The Balaban J connectivity index is 1.85. The number of carbonyl (C=O) groups excluding carboxylic acids is 1. The molecule has 2 aromatic heterocycles. The van der Waals surface area contributed by atoms with E-state index < -0.39 is 0 Å². The molecule has 3 heterocycles. The van der Waals surface area contributed by atoms with Crippen molar-refractivity contribution in [3.63, 3.8) is 0 Å². The molecule has 7 nitrogen and oxygen atoms in total. The van der Waals surface area contributed by atoms with Gasteiger partial charge in [-0.1, -0.05) is 11.3 Å². The molecule has 1 amide bonds. The number of ether oxygens (including phenoxy) is 2. The molecule has 0 radical (unpaired) electrons. The number of aromatic nitrogens is 3. The molecule has 1 aromatic carbocycles. The van der Waals surface area contributed by atoms with Crippen molar-refractivity contribution in [1.82, 2.24) is 14.3 Å². The highest BCUT2D eigenvalue weighted by Crippen LogP contribution is 2.36. The van der Waals surface area contributed by atoms with E-state index in [2.05, 4.69) is 10.1 Å². The number of fused-ring (bicyclic) bond motifs is 2. The quantitative estimate of drug-likeness (QED) is 0.731. The Morgan fingerprint density at radius 1 is 1.29 bits per heavy atom. The van der Waals surface area contributed by atoms with Gasteiger partial charge in [0.25, 0.3) is 5.91 Å². The first-order chi connectivity index (χ1) is 11.7. The van der Waals surface area contributed by atoms with Crippen LogP contribution in [0.1, 0.15) is 24.3 Å². The molecule has 0 bridgehead atoms. The lowest BCUT2D eigenvalue weighted by molar-refractivity contribution is 0.0987. The summed E-state index contributed by atoms with van der Waals surface area (Å²) in [5, 5.41) is 4.12. The number of amides is 1. The molecule has 0 fully saturated rings. The average molecular weight is 344 g/mol. The summed E-state index contributed by atoms with van der Waals surface area (Å²) in [4.78, 5) is 17.5. The zero-order chi connectivity index (χ0) is 16.7. The molecule has 3 aromatic rings. The molecular weight excluding hydrogens is 328 g/mol. The number of rotatable bonds is 3. The van der Waals surface area contributed by atoms with Gasteiger partial charge < -0.3 is 14.0 Å². The normalized spacial score (nSPS) is 13.8. The second kappa shape index (κ2) is 5.79. The van der Waals surface area contributed by atoms with E-state index in [1.165, 1.54) is 11.3 Å². The minimum Gasteiger partial charge on any atom is -0.454 e. The van der Waals surface area contributed by atoms with Gasteiger partial charge in [-0.3, -0.25) is 9.48 Å². The van der Waals surface area contributed by atoms with Gasteiger partial charge in [-0.2, -0.15) is 10.1 Å². The third-order valence-electron chi connectivity index (χ3n) is 3.93. The monoisotopic (exact) mass is 344 g/mol. The Kier molecular flexibility index (Phi) is 3.61. The second-order valence-electron chi connectivity index (χ2n) is 5.25. The minimum absolute atomic E-state index is 0.245. The van der Waals surface area contributed by atoms with Crippen molar-refractivity contribution >= 4 is 27.5 Å². The van der Waals surface area contributed by atoms with E-state index in [0.717, 1.165) is 21.7 Å². The number of benzene rings is 1. The Morgan fingerprint density at radius 3 is 2.83 bits per heavy atom. The van der Waals surface area contributed by atoms with Gasteiger partial charge in [0.15, 0.2) is 16.3 Å². The summed E-state index contributed by atoms with van der Waals surface area (Å²) in [5.41, 5.74) is 1.48. The van der Waals surface area contributed by atoms with Crippen LogP contribution in [-0.4, -0.2) is 27.0 Å². The van der Waals surface area contributed by atoms with Gasteiger partial charge in [0, 0.05) is 31.4 Å². The summed E-state index contributed by atoms with van der Waals surface area (Å²) in [6.07, 6.45) is 1.62. The van der Waals surface area contributed by atoms with Crippen molar-refractivity contribution in [2.24, 2.45) is 4.99 Å².